The van der Waals surface area contributed by atoms with Crippen molar-refractivity contribution in [3.8, 4) is 0 Å². The highest BCUT2D eigenvalue weighted by Gasteiger charge is 2.04. The molecule has 0 radical (unpaired) electrons. The predicted octanol–water partition coefficient (Wildman–Crippen LogP) is 4.18. The molecule has 0 aliphatic rings. The van der Waals surface area contributed by atoms with Gasteiger partial charge in [-0.05, 0) is 28.5 Å². The average molecular weight is 323 g/mol. The van der Waals surface area contributed by atoms with Gasteiger partial charge in [0.15, 0.2) is 0 Å². The topological polar surface area (TPSA) is 38.3 Å². The van der Waals surface area contributed by atoms with Gasteiger partial charge in [-0.2, -0.15) is 0 Å². The Labute approximate surface area is 139 Å². The van der Waals surface area contributed by atoms with Crippen LogP contribution in [0.2, 0.25) is 0 Å². The third kappa shape index (κ3) is 4.58. The number of hydrogen-bond acceptors (Lipinski definition) is 3. The minimum absolute atomic E-state index is 0.140. The minimum Gasteiger partial charge on any atom is -0.272 e. The fourth-order valence-electron chi connectivity index (χ4n) is 2.21. The van der Waals surface area contributed by atoms with E-state index in [2.05, 4.69) is 29.7 Å². The molecule has 0 saturated heterocycles. The number of thioether (sulfide) groups is 1. The smallest absolute Gasteiger partial charge is 0.253 e. The van der Waals surface area contributed by atoms with E-state index in [-0.39, 0.29) is 5.91 Å². The molecule has 0 unspecified atom stereocenters. The van der Waals surface area contributed by atoms with Gasteiger partial charge in [0.25, 0.3) is 5.91 Å². The summed E-state index contributed by atoms with van der Waals surface area (Å²) in [7, 11) is 0. The van der Waals surface area contributed by atoms with E-state index in [0.29, 0.717) is 12.4 Å². The van der Waals surface area contributed by atoms with E-state index in [1.807, 2.05) is 48.5 Å². The van der Waals surface area contributed by atoms with Crippen LogP contribution < -0.4 is 5.48 Å². The largest absolute Gasteiger partial charge is 0.272 e. The lowest BCUT2D eigenvalue weighted by atomic mass is 10.1. The lowest BCUT2D eigenvalue weighted by molar-refractivity contribution is -0.131. The molecule has 0 fully saturated rings. The maximum Gasteiger partial charge on any atom is 0.253 e. The van der Waals surface area contributed by atoms with Gasteiger partial charge in [0.05, 0.1) is 12.4 Å². The lowest BCUT2D eigenvalue weighted by Gasteiger charge is -2.06. The fourth-order valence-corrected chi connectivity index (χ4v) is 2.94. The summed E-state index contributed by atoms with van der Waals surface area (Å²) < 4.78 is 0. The zero-order chi connectivity index (χ0) is 15.9. The number of carbonyl (C=O) groups is 1. The first-order chi connectivity index (χ1) is 11.3. The first-order valence-electron chi connectivity index (χ1n) is 7.37. The Bertz CT molecular complexity index is 789. The van der Waals surface area contributed by atoms with Crippen molar-refractivity contribution >= 4 is 28.4 Å². The SMILES string of the molecule is O=C(CSc1ccc2ccccc2c1)NOCc1ccccc1. The van der Waals surface area contributed by atoms with E-state index >= 15 is 0 Å². The molecule has 0 bridgehead atoms. The summed E-state index contributed by atoms with van der Waals surface area (Å²) in [5.41, 5.74) is 3.50. The molecule has 23 heavy (non-hydrogen) atoms. The highest BCUT2D eigenvalue weighted by Crippen LogP contribution is 2.23. The van der Waals surface area contributed by atoms with E-state index in [1.165, 1.54) is 22.5 Å². The molecule has 4 heteroatoms. The van der Waals surface area contributed by atoms with E-state index in [0.717, 1.165) is 10.5 Å². The first kappa shape index (κ1) is 15.6. The Hall–Kier alpha value is -2.30. The number of hydroxylamine groups is 1. The number of carbonyl (C=O) groups excluding carboxylic acids is 1. The van der Waals surface area contributed by atoms with Gasteiger partial charge in [-0.3, -0.25) is 9.63 Å². The van der Waals surface area contributed by atoms with E-state index < -0.39 is 0 Å². The molecule has 0 atom stereocenters. The van der Waals surface area contributed by atoms with Crippen molar-refractivity contribution < 1.29 is 9.63 Å². The average Bonchev–Trinajstić information content (AvgIpc) is 2.61. The summed E-state index contributed by atoms with van der Waals surface area (Å²) in [6, 6.07) is 24.1. The van der Waals surface area contributed by atoms with Gasteiger partial charge in [0.2, 0.25) is 0 Å². The molecule has 3 nitrogen and oxygen atoms in total. The number of nitrogens with one attached hydrogen (secondary N) is 1. The summed E-state index contributed by atoms with van der Waals surface area (Å²) in [6.45, 7) is 0.368. The van der Waals surface area contributed by atoms with Crippen LogP contribution in [0.5, 0.6) is 0 Å². The lowest BCUT2D eigenvalue weighted by Crippen LogP contribution is -2.25. The second-order valence-electron chi connectivity index (χ2n) is 5.10. The molecule has 0 aliphatic heterocycles. The third-order valence-corrected chi connectivity index (χ3v) is 4.35. The zero-order valence-electron chi connectivity index (χ0n) is 12.6. The van der Waals surface area contributed by atoms with Crippen molar-refractivity contribution in [1.29, 1.82) is 0 Å². The van der Waals surface area contributed by atoms with Crippen LogP contribution in [-0.2, 0) is 16.2 Å². The quantitative estimate of drug-likeness (QED) is 0.546. The molecular weight excluding hydrogens is 306 g/mol. The number of amides is 1. The highest BCUT2D eigenvalue weighted by molar-refractivity contribution is 8.00. The van der Waals surface area contributed by atoms with Crippen LogP contribution in [0, 0.1) is 0 Å². The zero-order valence-corrected chi connectivity index (χ0v) is 13.4. The normalized spacial score (nSPS) is 10.6. The molecule has 1 N–H and O–H groups in total. The van der Waals surface area contributed by atoms with E-state index in [4.69, 9.17) is 4.84 Å². The Morgan fingerprint density at radius 1 is 0.913 bits per heavy atom. The van der Waals surface area contributed by atoms with Crippen molar-refractivity contribution in [3.05, 3.63) is 78.4 Å². The number of benzene rings is 3. The van der Waals surface area contributed by atoms with Crippen molar-refractivity contribution in [2.75, 3.05) is 5.75 Å². The molecule has 1 amide bonds. The monoisotopic (exact) mass is 323 g/mol. The van der Waals surface area contributed by atoms with Gasteiger partial charge in [0, 0.05) is 4.90 Å². The van der Waals surface area contributed by atoms with Crippen LogP contribution >= 0.6 is 11.8 Å². The molecule has 3 aromatic carbocycles. The molecule has 0 spiro atoms. The van der Waals surface area contributed by atoms with Gasteiger partial charge >= 0.3 is 0 Å². The van der Waals surface area contributed by atoms with E-state index in [1.54, 1.807) is 0 Å². The summed E-state index contributed by atoms with van der Waals surface area (Å²) in [5.74, 6) is 0.187. The Kier molecular flexibility index (Phi) is 5.29. The standard InChI is InChI=1S/C19H17NO2S/c21-19(20-22-13-15-6-2-1-3-7-15)14-23-18-11-10-16-8-4-5-9-17(16)12-18/h1-12H,13-14H2,(H,20,21). The molecule has 3 aromatic rings. The number of rotatable bonds is 6. The number of hydrogen-bond donors (Lipinski definition) is 1. The van der Waals surface area contributed by atoms with Gasteiger partial charge < -0.3 is 0 Å². The molecular formula is C19H17NO2S. The highest BCUT2D eigenvalue weighted by atomic mass is 32.2. The molecule has 0 saturated carbocycles. The molecule has 0 aromatic heterocycles. The van der Waals surface area contributed by atoms with Crippen LogP contribution in [0.25, 0.3) is 10.8 Å². The van der Waals surface area contributed by atoms with Crippen LogP contribution in [0.15, 0.2) is 77.7 Å². The van der Waals surface area contributed by atoms with Crippen LogP contribution in [0.3, 0.4) is 0 Å². The second kappa shape index (κ2) is 7.81. The molecule has 116 valence electrons. The van der Waals surface area contributed by atoms with Crippen molar-refractivity contribution in [1.82, 2.24) is 5.48 Å². The second-order valence-corrected chi connectivity index (χ2v) is 6.15. The van der Waals surface area contributed by atoms with Crippen LogP contribution in [0.1, 0.15) is 5.56 Å². The predicted molar refractivity (Wildman–Crippen MR) is 94.0 cm³/mol. The molecule has 0 heterocycles. The van der Waals surface area contributed by atoms with Crippen molar-refractivity contribution in [2.45, 2.75) is 11.5 Å². The third-order valence-electron chi connectivity index (χ3n) is 3.36. The fraction of sp³-hybridized carbons (Fsp3) is 0.105. The van der Waals surface area contributed by atoms with Crippen LogP contribution in [0.4, 0.5) is 0 Å². The molecule has 3 rings (SSSR count). The van der Waals surface area contributed by atoms with Gasteiger partial charge in [-0.15, -0.1) is 11.8 Å². The van der Waals surface area contributed by atoms with Gasteiger partial charge in [-0.25, -0.2) is 5.48 Å². The van der Waals surface area contributed by atoms with Crippen molar-refractivity contribution in [2.24, 2.45) is 0 Å². The maximum absolute atomic E-state index is 11.8. The Morgan fingerprint density at radius 3 is 2.48 bits per heavy atom. The maximum atomic E-state index is 11.8. The summed E-state index contributed by atoms with van der Waals surface area (Å²) in [4.78, 5) is 18.1. The summed E-state index contributed by atoms with van der Waals surface area (Å²) >= 11 is 1.50. The van der Waals surface area contributed by atoms with Crippen molar-refractivity contribution in [3.63, 3.8) is 0 Å². The van der Waals surface area contributed by atoms with Gasteiger partial charge in [0.1, 0.15) is 0 Å². The summed E-state index contributed by atoms with van der Waals surface area (Å²) in [5, 5.41) is 2.38. The summed E-state index contributed by atoms with van der Waals surface area (Å²) in [6.07, 6.45) is 0. The van der Waals surface area contributed by atoms with E-state index in [9.17, 15) is 4.79 Å². The Balaban J connectivity index is 1.46. The Morgan fingerprint density at radius 2 is 1.65 bits per heavy atom. The first-order valence-corrected chi connectivity index (χ1v) is 8.36. The van der Waals surface area contributed by atoms with Crippen LogP contribution in [-0.4, -0.2) is 11.7 Å². The molecule has 0 aliphatic carbocycles. The minimum atomic E-state index is -0.140. The number of fused-ring (bicyclic) bond motifs is 1. The van der Waals surface area contributed by atoms with Gasteiger partial charge in [-0.1, -0.05) is 60.7 Å².